The molecule has 3 rings (SSSR count). The van der Waals surface area contributed by atoms with Gasteiger partial charge in [0, 0.05) is 31.5 Å². The minimum absolute atomic E-state index is 0.0139. The number of ketones is 1. The molecule has 30 heavy (non-hydrogen) atoms. The number of sulfonamides is 1. The smallest absolute Gasteiger partial charge is 0.243 e. The number of phenols is 1. The van der Waals surface area contributed by atoms with Gasteiger partial charge in [-0.2, -0.15) is 4.31 Å². The molecule has 1 amide bonds. The first-order valence-corrected chi connectivity index (χ1v) is 11.5. The predicted molar refractivity (Wildman–Crippen MR) is 114 cm³/mol. The van der Waals surface area contributed by atoms with Crippen molar-refractivity contribution in [3.8, 4) is 5.75 Å². The number of anilines is 1. The molecule has 0 radical (unpaired) electrons. The highest BCUT2D eigenvalue weighted by atomic mass is 32.2. The number of nitrogens with zero attached hydrogens (tertiary/aromatic N) is 1. The number of hydrogen-bond acceptors (Lipinski definition) is 5. The van der Waals surface area contributed by atoms with Crippen molar-refractivity contribution >= 4 is 27.4 Å². The van der Waals surface area contributed by atoms with Crippen LogP contribution in [0.3, 0.4) is 0 Å². The Kier molecular flexibility index (Phi) is 6.89. The average molecular weight is 431 g/mol. The number of rotatable bonds is 8. The first-order valence-electron chi connectivity index (χ1n) is 10.1. The maximum atomic E-state index is 12.7. The van der Waals surface area contributed by atoms with Crippen LogP contribution in [0.4, 0.5) is 5.69 Å². The van der Waals surface area contributed by atoms with Gasteiger partial charge in [-0.1, -0.05) is 31.2 Å². The van der Waals surface area contributed by atoms with Crippen molar-refractivity contribution < 1.29 is 23.1 Å². The van der Waals surface area contributed by atoms with Crippen molar-refractivity contribution in [2.75, 3.05) is 18.4 Å². The lowest BCUT2D eigenvalue weighted by atomic mass is 10.0. The number of nitrogens with one attached hydrogen (secondary N) is 1. The molecule has 0 saturated carbocycles. The van der Waals surface area contributed by atoms with Gasteiger partial charge in [0.15, 0.2) is 5.78 Å². The molecule has 1 aliphatic heterocycles. The van der Waals surface area contributed by atoms with Crippen LogP contribution in [-0.2, 0) is 21.2 Å². The maximum absolute atomic E-state index is 12.7. The molecule has 2 N–H and O–H groups in total. The summed E-state index contributed by atoms with van der Waals surface area (Å²) in [7, 11) is -3.66. The second-order valence-corrected chi connectivity index (χ2v) is 9.25. The van der Waals surface area contributed by atoms with Crippen LogP contribution < -0.4 is 5.32 Å². The largest absolute Gasteiger partial charge is 0.506 e. The summed E-state index contributed by atoms with van der Waals surface area (Å²) in [4.78, 5) is 24.6. The number of carbonyl (C=O) groups excluding carboxylic acids is 2. The molecular formula is C22H26N2O5S. The maximum Gasteiger partial charge on any atom is 0.243 e. The van der Waals surface area contributed by atoms with Gasteiger partial charge in [0.05, 0.1) is 10.6 Å². The van der Waals surface area contributed by atoms with Crippen molar-refractivity contribution in [3.63, 3.8) is 0 Å². The van der Waals surface area contributed by atoms with Crippen molar-refractivity contribution in [2.24, 2.45) is 0 Å². The molecule has 2 aromatic rings. The molecular weight excluding hydrogens is 404 g/mol. The lowest BCUT2D eigenvalue weighted by Crippen LogP contribution is -2.28. The topological polar surface area (TPSA) is 104 Å². The quantitative estimate of drug-likeness (QED) is 0.494. The molecule has 0 bridgehead atoms. The molecule has 0 atom stereocenters. The van der Waals surface area contributed by atoms with Gasteiger partial charge >= 0.3 is 0 Å². The summed E-state index contributed by atoms with van der Waals surface area (Å²) in [5, 5.41) is 12.5. The zero-order valence-corrected chi connectivity index (χ0v) is 17.7. The lowest BCUT2D eigenvalue weighted by Gasteiger charge is -2.16. The summed E-state index contributed by atoms with van der Waals surface area (Å²) in [5.41, 5.74) is 1.69. The van der Waals surface area contributed by atoms with Gasteiger partial charge in [-0.3, -0.25) is 9.59 Å². The first kappa shape index (κ1) is 22.0. The van der Waals surface area contributed by atoms with Crippen LogP contribution in [-0.4, -0.2) is 42.6 Å². The zero-order chi connectivity index (χ0) is 21.7. The second kappa shape index (κ2) is 9.40. The van der Waals surface area contributed by atoms with E-state index in [1.165, 1.54) is 22.5 Å². The van der Waals surface area contributed by atoms with E-state index in [0.29, 0.717) is 18.7 Å². The highest BCUT2D eigenvalue weighted by molar-refractivity contribution is 7.89. The Morgan fingerprint density at radius 3 is 2.33 bits per heavy atom. The third-order valence-corrected chi connectivity index (χ3v) is 7.10. The molecule has 7 nitrogen and oxygen atoms in total. The Morgan fingerprint density at radius 2 is 1.70 bits per heavy atom. The van der Waals surface area contributed by atoms with Crippen LogP contribution in [0.5, 0.6) is 5.75 Å². The summed E-state index contributed by atoms with van der Waals surface area (Å²) in [5.74, 6) is -0.855. The van der Waals surface area contributed by atoms with Crippen molar-refractivity contribution in [2.45, 2.75) is 43.9 Å². The number of phenolic OH excluding ortho intramolecular Hbond substituents is 1. The Labute approximate surface area is 176 Å². The molecule has 2 aromatic carbocycles. The summed E-state index contributed by atoms with van der Waals surface area (Å²) in [6, 6.07) is 11.1. The van der Waals surface area contributed by atoms with E-state index >= 15 is 0 Å². The van der Waals surface area contributed by atoms with Gasteiger partial charge in [-0.15, -0.1) is 0 Å². The van der Waals surface area contributed by atoms with Crippen LogP contribution in [0.2, 0.25) is 0 Å². The lowest BCUT2D eigenvalue weighted by molar-refractivity contribution is -0.116. The number of carbonyl (C=O) groups is 2. The van der Waals surface area contributed by atoms with E-state index in [4.69, 9.17) is 0 Å². The standard InChI is InChI=1S/C22H26N2O5S/c1-2-16-5-7-17(8-6-16)20(25)11-12-22(27)23-19-15-18(9-10-21(19)26)30(28,29)24-13-3-4-14-24/h5-10,15,26H,2-4,11-14H2,1H3,(H,23,27). The SMILES string of the molecule is CCc1ccc(C(=O)CCC(=O)Nc2cc(S(=O)(=O)N3CCCC3)ccc2O)cc1. The van der Waals surface area contributed by atoms with Gasteiger partial charge in [0.25, 0.3) is 0 Å². The second-order valence-electron chi connectivity index (χ2n) is 7.31. The normalized spacial score (nSPS) is 14.6. The zero-order valence-electron chi connectivity index (χ0n) is 16.9. The van der Waals surface area contributed by atoms with Crippen LogP contribution >= 0.6 is 0 Å². The molecule has 1 fully saturated rings. The Balaban J connectivity index is 1.63. The fraction of sp³-hybridized carbons (Fsp3) is 0.364. The van der Waals surface area contributed by atoms with Gasteiger partial charge in [0.1, 0.15) is 5.75 Å². The fourth-order valence-electron chi connectivity index (χ4n) is 3.36. The molecule has 1 saturated heterocycles. The fourth-order valence-corrected chi connectivity index (χ4v) is 4.91. The highest BCUT2D eigenvalue weighted by Crippen LogP contribution is 2.29. The molecule has 1 heterocycles. The molecule has 0 aliphatic carbocycles. The highest BCUT2D eigenvalue weighted by Gasteiger charge is 2.28. The van der Waals surface area contributed by atoms with Gasteiger partial charge in [-0.05, 0) is 43.0 Å². The Bertz CT molecular complexity index is 1030. The third-order valence-electron chi connectivity index (χ3n) is 5.21. The van der Waals surface area contributed by atoms with Crippen LogP contribution in [0.15, 0.2) is 47.4 Å². The van der Waals surface area contributed by atoms with Crippen LogP contribution in [0.25, 0.3) is 0 Å². The number of hydrogen-bond donors (Lipinski definition) is 2. The summed E-state index contributed by atoms with van der Waals surface area (Å²) < 4.78 is 26.8. The minimum atomic E-state index is -3.66. The van der Waals surface area contributed by atoms with E-state index in [2.05, 4.69) is 5.32 Å². The van der Waals surface area contributed by atoms with Crippen LogP contribution in [0, 0.1) is 0 Å². The van der Waals surface area contributed by atoms with Crippen molar-refractivity contribution in [3.05, 3.63) is 53.6 Å². The first-order chi connectivity index (χ1) is 14.3. The Hall–Kier alpha value is -2.71. The van der Waals surface area contributed by atoms with Gasteiger partial charge in [-0.25, -0.2) is 8.42 Å². The number of aromatic hydroxyl groups is 1. The van der Waals surface area contributed by atoms with Crippen molar-refractivity contribution in [1.29, 1.82) is 0 Å². The van der Waals surface area contributed by atoms with E-state index in [-0.39, 0.29) is 35.0 Å². The monoisotopic (exact) mass is 430 g/mol. The van der Waals surface area contributed by atoms with E-state index in [1.807, 2.05) is 19.1 Å². The van der Waals surface area contributed by atoms with Crippen LogP contribution in [0.1, 0.15) is 48.5 Å². The summed E-state index contributed by atoms with van der Waals surface area (Å²) >= 11 is 0. The predicted octanol–water partition coefficient (Wildman–Crippen LogP) is 3.34. The van der Waals surface area contributed by atoms with E-state index < -0.39 is 15.9 Å². The molecule has 0 aromatic heterocycles. The molecule has 1 aliphatic rings. The summed E-state index contributed by atoms with van der Waals surface area (Å²) in [6.07, 6.45) is 2.46. The Morgan fingerprint density at radius 1 is 1.03 bits per heavy atom. The van der Waals surface area contributed by atoms with E-state index in [0.717, 1.165) is 24.8 Å². The van der Waals surface area contributed by atoms with Gasteiger partial charge < -0.3 is 10.4 Å². The molecule has 160 valence electrons. The van der Waals surface area contributed by atoms with E-state index in [1.54, 1.807) is 12.1 Å². The number of amides is 1. The number of benzene rings is 2. The molecule has 8 heteroatoms. The molecule has 0 spiro atoms. The number of aryl methyl sites for hydroxylation is 1. The minimum Gasteiger partial charge on any atom is -0.506 e. The average Bonchev–Trinajstić information content (AvgIpc) is 3.29. The number of Topliss-reactive ketones (excluding diaryl/α,β-unsaturated/α-hetero) is 1. The van der Waals surface area contributed by atoms with Crippen molar-refractivity contribution in [1.82, 2.24) is 4.31 Å². The molecule has 0 unspecified atom stereocenters. The third kappa shape index (κ3) is 5.06. The van der Waals surface area contributed by atoms with E-state index in [9.17, 15) is 23.1 Å². The van der Waals surface area contributed by atoms with Gasteiger partial charge in [0.2, 0.25) is 15.9 Å². The summed E-state index contributed by atoms with van der Waals surface area (Å²) in [6.45, 7) is 2.96.